The third kappa shape index (κ3) is 2.95. The summed E-state index contributed by atoms with van der Waals surface area (Å²) in [5, 5.41) is 3.39. The predicted molar refractivity (Wildman–Crippen MR) is 79.3 cm³/mol. The molecule has 0 spiro atoms. The van der Waals surface area contributed by atoms with Gasteiger partial charge in [0.25, 0.3) is 0 Å². The van der Waals surface area contributed by atoms with Gasteiger partial charge in [0.05, 0.1) is 6.04 Å². The molecule has 0 saturated carbocycles. The second-order valence-electron chi connectivity index (χ2n) is 5.20. The van der Waals surface area contributed by atoms with E-state index in [1.165, 1.54) is 16.9 Å². The fourth-order valence-electron chi connectivity index (χ4n) is 2.82. The van der Waals surface area contributed by atoms with Crippen molar-refractivity contribution >= 4 is 17.7 Å². The number of hydrogen-bond donors (Lipinski definition) is 1. The highest BCUT2D eigenvalue weighted by Gasteiger charge is 2.28. The molecule has 102 valence electrons. The van der Waals surface area contributed by atoms with Crippen molar-refractivity contribution in [3.05, 3.63) is 35.4 Å². The van der Waals surface area contributed by atoms with Gasteiger partial charge in [0.2, 0.25) is 5.91 Å². The minimum Gasteiger partial charge on any atom is -0.340 e. The van der Waals surface area contributed by atoms with Crippen molar-refractivity contribution in [1.29, 1.82) is 0 Å². The van der Waals surface area contributed by atoms with Crippen LogP contribution in [-0.4, -0.2) is 41.4 Å². The molecule has 1 N–H and O–H groups in total. The number of nitrogens with one attached hydrogen (secondary N) is 1. The van der Waals surface area contributed by atoms with E-state index in [1.54, 1.807) is 0 Å². The Morgan fingerprint density at radius 2 is 2.05 bits per heavy atom. The Labute approximate surface area is 118 Å². The average molecular weight is 276 g/mol. The number of amides is 1. The smallest absolute Gasteiger partial charge is 0.240 e. The Kier molecular flexibility index (Phi) is 4.09. The van der Waals surface area contributed by atoms with Gasteiger partial charge in [-0.2, -0.15) is 11.8 Å². The molecule has 1 aromatic rings. The van der Waals surface area contributed by atoms with Crippen LogP contribution in [0.2, 0.25) is 0 Å². The normalized spacial score (nSPS) is 23.6. The number of benzene rings is 1. The van der Waals surface area contributed by atoms with Crippen molar-refractivity contribution in [3.8, 4) is 0 Å². The lowest BCUT2D eigenvalue weighted by Gasteiger charge is -2.30. The molecule has 0 radical (unpaired) electrons. The number of fused-ring (bicyclic) bond motifs is 1. The molecular weight excluding hydrogens is 256 g/mol. The molecule has 2 heterocycles. The fourth-order valence-corrected chi connectivity index (χ4v) is 3.70. The maximum atomic E-state index is 12.6. The lowest BCUT2D eigenvalue weighted by Crippen LogP contribution is -2.50. The maximum absolute atomic E-state index is 12.6. The van der Waals surface area contributed by atoms with Gasteiger partial charge in [0.15, 0.2) is 0 Å². The summed E-state index contributed by atoms with van der Waals surface area (Å²) in [6.45, 7) is 2.64. The van der Waals surface area contributed by atoms with E-state index in [0.29, 0.717) is 0 Å². The van der Waals surface area contributed by atoms with E-state index in [0.717, 1.165) is 38.2 Å². The molecule has 1 unspecified atom stereocenters. The van der Waals surface area contributed by atoms with E-state index in [1.807, 2.05) is 16.7 Å². The van der Waals surface area contributed by atoms with Gasteiger partial charge in [-0.15, -0.1) is 0 Å². The number of rotatable bonds is 1. The van der Waals surface area contributed by atoms with Crippen molar-refractivity contribution in [2.45, 2.75) is 25.4 Å². The zero-order valence-electron chi connectivity index (χ0n) is 11.1. The number of nitrogens with zero attached hydrogens (tertiary/aromatic N) is 1. The van der Waals surface area contributed by atoms with E-state index in [9.17, 15) is 4.79 Å². The Morgan fingerprint density at radius 3 is 2.95 bits per heavy atom. The summed E-state index contributed by atoms with van der Waals surface area (Å²) < 4.78 is 0. The zero-order valence-corrected chi connectivity index (χ0v) is 11.9. The second kappa shape index (κ2) is 5.97. The van der Waals surface area contributed by atoms with Crippen LogP contribution in [0.15, 0.2) is 24.3 Å². The molecule has 2 aliphatic rings. The minimum atomic E-state index is -0.0296. The van der Waals surface area contributed by atoms with Gasteiger partial charge < -0.3 is 10.2 Å². The number of thioether (sulfide) groups is 1. The van der Waals surface area contributed by atoms with Crippen LogP contribution in [0.1, 0.15) is 17.5 Å². The molecule has 0 aromatic heterocycles. The summed E-state index contributed by atoms with van der Waals surface area (Å²) >= 11 is 1.96. The van der Waals surface area contributed by atoms with E-state index >= 15 is 0 Å². The Balaban J connectivity index is 1.68. The van der Waals surface area contributed by atoms with Gasteiger partial charge in [0.1, 0.15) is 0 Å². The lowest BCUT2D eigenvalue weighted by atomic mass is 9.95. The molecule has 2 aliphatic heterocycles. The summed E-state index contributed by atoms with van der Waals surface area (Å²) in [5.74, 6) is 2.55. The number of carbonyl (C=O) groups excluding carboxylic acids is 1. The largest absolute Gasteiger partial charge is 0.340 e. The Morgan fingerprint density at radius 1 is 1.21 bits per heavy atom. The first-order chi connectivity index (χ1) is 9.34. The molecule has 3 nitrogen and oxygen atoms in total. The highest BCUT2D eigenvalue weighted by atomic mass is 32.2. The Bertz CT molecular complexity index is 455. The number of carbonyl (C=O) groups is 1. The summed E-state index contributed by atoms with van der Waals surface area (Å²) in [4.78, 5) is 14.6. The quantitative estimate of drug-likeness (QED) is 0.847. The van der Waals surface area contributed by atoms with Gasteiger partial charge >= 0.3 is 0 Å². The highest BCUT2D eigenvalue weighted by molar-refractivity contribution is 7.99. The summed E-state index contributed by atoms with van der Waals surface area (Å²) in [6, 6.07) is 8.39. The Hall–Kier alpha value is -1.00. The lowest BCUT2D eigenvalue weighted by molar-refractivity contribution is -0.133. The molecule has 0 bridgehead atoms. The highest BCUT2D eigenvalue weighted by Crippen LogP contribution is 2.18. The molecule has 0 aliphatic carbocycles. The molecule has 1 atom stereocenters. The third-order valence-corrected chi connectivity index (χ3v) is 4.96. The van der Waals surface area contributed by atoms with E-state index < -0.39 is 0 Å². The van der Waals surface area contributed by atoms with Crippen molar-refractivity contribution in [1.82, 2.24) is 10.2 Å². The molecule has 1 aromatic carbocycles. The van der Waals surface area contributed by atoms with Crippen molar-refractivity contribution < 1.29 is 4.79 Å². The van der Waals surface area contributed by atoms with Gasteiger partial charge in [-0.05, 0) is 29.7 Å². The molecule has 1 amide bonds. The zero-order chi connectivity index (χ0) is 13.1. The van der Waals surface area contributed by atoms with E-state index in [4.69, 9.17) is 0 Å². The van der Waals surface area contributed by atoms with Crippen LogP contribution in [0.3, 0.4) is 0 Å². The van der Waals surface area contributed by atoms with Crippen LogP contribution >= 0.6 is 11.8 Å². The molecule has 19 heavy (non-hydrogen) atoms. The van der Waals surface area contributed by atoms with Crippen molar-refractivity contribution in [3.63, 3.8) is 0 Å². The molecule has 1 saturated heterocycles. The van der Waals surface area contributed by atoms with Crippen molar-refractivity contribution in [2.75, 3.05) is 24.6 Å². The average Bonchev–Trinajstić information content (AvgIpc) is 2.75. The summed E-state index contributed by atoms with van der Waals surface area (Å²) in [7, 11) is 0. The molecule has 1 fully saturated rings. The van der Waals surface area contributed by atoms with Crippen molar-refractivity contribution in [2.24, 2.45) is 0 Å². The van der Waals surface area contributed by atoms with Crippen LogP contribution in [0.4, 0.5) is 0 Å². The van der Waals surface area contributed by atoms with Gasteiger partial charge in [0, 0.05) is 25.4 Å². The van der Waals surface area contributed by atoms with Gasteiger partial charge in [-0.25, -0.2) is 0 Å². The monoisotopic (exact) mass is 276 g/mol. The maximum Gasteiger partial charge on any atom is 0.240 e. The predicted octanol–water partition coefficient (Wildman–Crippen LogP) is 1.67. The second-order valence-corrected chi connectivity index (χ2v) is 6.42. The van der Waals surface area contributed by atoms with E-state index in [-0.39, 0.29) is 11.9 Å². The van der Waals surface area contributed by atoms with Crippen LogP contribution in [0.5, 0.6) is 0 Å². The third-order valence-electron chi connectivity index (χ3n) is 3.91. The van der Waals surface area contributed by atoms with Crippen LogP contribution in [0, 0.1) is 0 Å². The van der Waals surface area contributed by atoms with Gasteiger partial charge in [-0.1, -0.05) is 24.3 Å². The first-order valence-corrected chi connectivity index (χ1v) is 8.17. The molecular formula is C15H20N2OS. The topological polar surface area (TPSA) is 32.3 Å². The minimum absolute atomic E-state index is 0.0296. The fraction of sp³-hybridized carbons (Fsp3) is 0.533. The van der Waals surface area contributed by atoms with Crippen LogP contribution in [-0.2, 0) is 17.8 Å². The molecule has 4 heteroatoms. The molecule has 3 rings (SSSR count). The van der Waals surface area contributed by atoms with Gasteiger partial charge in [-0.3, -0.25) is 4.79 Å². The number of hydrogen-bond acceptors (Lipinski definition) is 3. The van der Waals surface area contributed by atoms with E-state index in [2.05, 4.69) is 29.6 Å². The first kappa shape index (κ1) is 13.0. The van der Waals surface area contributed by atoms with Crippen LogP contribution in [0.25, 0.3) is 0 Å². The van der Waals surface area contributed by atoms with Crippen LogP contribution < -0.4 is 5.32 Å². The summed E-state index contributed by atoms with van der Waals surface area (Å²) in [6.07, 6.45) is 1.96. The standard InChI is InChI=1S/C15H20N2OS/c18-15(17-6-3-8-19-9-7-17)14-10-12-4-1-2-5-13(12)11-16-14/h1-2,4-5,14,16H,3,6-11H2. The first-order valence-electron chi connectivity index (χ1n) is 7.01. The SMILES string of the molecule is O=C(C1Cc2ccccc2CN1)N1CCCSCC1. The summed E-state index contributed by atoms with van der Waals surface area (Å²) in [5.41, 5.74) is 2.65.